The van der Waals surface area contributed by atoms with Crippen molar-refractivity contribution in [2.24, 2.45) is 4.99 Å². The summed E-state index contributed by atoms with van der Waals surface area (Å²) >= 11 is 1.47. The summed E-state index contributed by atoms with van der Waals surface area (Å²) in [5, 5.41) is 1.93. The highest BCUT2D eigenvalue weighted by Gasteiger charge is 2.27. The molecule has 0 spiro atoms. The zero-order valence-electron chi connectivity index (χ0n) is 13.1. The molecule has 0 N–H and O–H groups in total. The van der Waals surface area contributed by atoms with E-state index in [0.29, 0.717) is 30.9 Å². The van der Waals surface area contributed by atoms with Crippen LogP contribution in [0.3, 0.4) is 0 Å². The van der Waals surface area contributed by atoms with E-state index in [2.05, 4.69) is 18.8 Å². The second-order valence-electron chi connectivity index (χ2n) is 6.51. The predicted octanol–water partition coefficient (Wildman–Crippen LogP) is 3.62. The minimum absolute atomic E-state index is 0.0460. The predicted molar refractivity (Wildman–Crippen MR) is 89.7 cm³/mol. The molecule has 0 saturated carbocycles. The number of fused-ring (bicyclic) bond motifs is 2. The van der Waals surface area contributed by atoms with Gasteiger partial charge in [0.1, 0.15) is 19.0 Å². The topological polar surface area (TPSA) is 47.9 Å². The van der Waals surface area contributed by atoms with Crippen molar-refractivity contribution in [3.05, 3.63) is 51.2 Å². The second kappa shape index (κ2) is 5.20. The molecular weight excluding hydrogens is 310 g/mol. The minimum atomic E-state index is -0.151. The summed E-state index contributed by atoms with van der Waals surface area (Å²) in [5.74, 6) is 1.44. The molecule has 3 heterocycles. The quantitative estimate of drug-likeness (QED) is 0.846. The molecular formula is C18H17NO3S. The molecule has 2 aliphatic rings. The zero-order valence-corrected chi connectivity index (χ0v) is 13.9. The van der Waals surface area contributed by atoms with Gasteiger partial charge in [-0.2, -0.15) is 0 Å². The number of benzene rings is 1. The number of nitrogens with zero attached hydrogens (tertiary/aromatic N) is 1. The summed E-state index contributed by atoms with van der Waals surface area (Å²) in [6.07, 6.45) is 0.621. The Labute approximate surface area is 138 Å². The van der Waals surface area contributed by atoms with E-state index in [1.54, 1.807) is 0 Å². The molecule has 0 saturated heterocycles. The lowest BCUT2D eigenvalue weighted by Crippen LogP contribution is -2.17. The molecule has 1 aromatic heterocycles. The van der Waals surface area contributed by atoms with E-state index in [1.807, 2.05) is 29.6 Å². The van der Waals surface area contributed by atoms with E-state index < -0.39 is 0 Å². The van der Waals surface area contributed by atoms with E-state index in [0.717, 1.165) is 21.9 Å². The van der Waals surface area contributed by atoms with Crippen LogP contribution in [-0.4, -0.2) is 23.8 Å². The normalized spacial score (nSPS) is 18.3. The molecule has 0 amide bonds. The van der Waals surface area contributed by atoms with Gasteiger partial charge in [0, 0.05) is 12.0 Å². The monoisotopic (exact) mass is 327 g/mol. The first-order valence-corrected chi connectivity index (χ1v) is 8.48. The summed E-state index contributed by atoms with van der Waals surface area (Å²) in [5.41, 5.74) is 2.48. The summed E-state index contributed by atoms with van der Waals surface area (Å²) in [6.45, 7) is 5.16. The largest absolute Gasteiger partial charge is 0.488 e. The van der Waals surface area contributed by atoms with Crippen LogP contribution in [0.2, 0.25) is 0 Å². The van der Waals surface area contributed by atoms with Gasteiger partial charge in [-0.25, -0.2) is 4.99 Å². The number of ketones is 1. The number of carbonyl (C=O) groups is 1. The molecule has 0 atom stereocenters. The average Bonchev–Trinajstić information content (AvgIpc) is 3.08. The Kier molecular flexibility index (Phi) is 3.27. The SMILES string of the molecule is CC1(C)COC(Cc2ccc3c(c2)OCc2ccsc2C3=O)=N1. The maximum absolute atomic E-state index is 12.6. The lowest BCUT2D eigenvalue weighted by molar-refractivity contribution is 0.104. The fraction of sp³-hybridized carbons (Fsp3) is 0.333. The lowest BCUT2D eigenvalue weighted by Gasteiger charge is -2.09. The van der Waals surface area contributed by atoms with E-state index in [4.69, 9.17) is 9.47 Å². The molecule has 4 rings (SSSR count). The number of thiophene rings is 1. The summed E-state index contributed by atoms with van der Waals surface area (Å²) in [7, 11) is 0. The van der Waals surface area contributed by atoms with Crippen LogP contribution in [0, 0.1) is 0 Å². The average molecular weight is 327 g/mol. The maximum atomic E-state index is 12.6. The van der Waals surface area contributed by atoms with Crippen LogP contribution in [0.1, 0.15) is 40.2 Å². The fourth-order valence-electron chi connectivity index (χ4n) is 2.84. The Balaban J connectivity index is 1.63. The molecule has 0 radical (unpaired) electrons. The van der Waals surface area contributed by atoms with Crippen LogP contribution in [-0.2, 0) is 17.8 Å². The molecule has 1 aromatic carbocycles. The van der Waals surface area contributed by atoms with E-state index >= 15 is 0 Å². The maximum Gasteiger partial charge on any atom is 0.207 e. The second-order valence-corrected chi connectivity index (χ2v) is 7.42. The highest BCUT2D eigenvalue weighted by molar-refractivity contribution is 7.12. The van der Waals surface area contributed by atoms with Gasteiger partial charge in [0.15, 0.2) is 5.90 Å². The van der Waals surface area contributed by atoms with E-state index in [-0.39, 0.29) is 11.3 Å². The van der Waals surface area contributed by atoms with Gasteiger partial charge in [0.2, 0.25) is 5.78 Å². The van der Waals surface area contributed by atoms with Crippen molar-refractivity contribution in [3.63, 3.8) is 0 Å². The fourth-order valence-corrected chi connectivity index (χ4v) is 3.70. The summed E-state index contributed by atoms with van der Waals surface area (Å²) in [4.78, 5) is 18.0. The highest BCUT2D eigenvalue weighted by atomic mass is 32.1. The Morgan fingerprint density at radius 1 is 1.26 bits per heavy atom. The van der Waals surface area contributed by atoms with Crippen molar-refractivity contribution in [1.82, 2.24) is 0 Å². The summed E-state index contributed by atoms with van der Waals surface area (Å²) in [6, 6.07) is 7.69. The van der Waals surface area contributed by atoms with Gasteiger partial charge in [-0.3, -0.25) is 4.79 Å². The molecule has 23 heavy (non-hydrogen) atoms. The number of hydrogen-bond acceptors (Lipinski definition) is 5. The van der Waals surface area contributed by atoms with Gasteiger partial charge >= 0.3 is 0 Å². The van der Waals surface area contributed by atoms with Crippen LogP contribution in [0.25, 0.3) is 0 Å². The van der Waals surface area contributed by atoms with Crippen LogP contribution >= 0.6 is 11.3 Å². The van der Waals surface area contributed by atoms with Gasteiger partial charge in [0.05, 0.1) is 16.0 Å². The zero-order chi connectivity index (χ0) is 16.0. The first-order chi connectivity index (χ1) is 11.0. The van der Waals surface area contributed by atoms with Crippen molar-refractivity contribution in [2.75, 3.05) is 6.61 Å². The van der Waals surface area contributed by atoms with Gasteiger partial charge in [0.25, 0.3) is 0 Å². The Hall–Kier alpha value is -2.14. The van der Waals surface area contributed by atoms with E-state index in [1.165, 1.54) is 11.3 Å². The van der Waals surface area contributed by atoms with Gasteiger partial charge in [-0.1, -0.05) is 6.07 Å². The van der Waals surface area contributed by atoms with Crippen LogP contribution in [0.4, 0.5) is 0 Å². The van der Waals surface area contributed by atoms with Crippen LogP contribution in [0.5, 0.6) is 5.75 Å². The third kappa shape index (κ3) is 2.65. The third-order valence-corrected chi connectivity index (χ3v) is 4.96. The van der Waals surface area contributed by atoms with Crippen molar-refractivity contribution in [3.8, 4) is 5.75 Å². The number of carbonyl (C=O) groups excluding carboxylic acids is 1. The molecule has 2 aromatic rings. The molecule has 0 fully saturated rings. The molecule has 4 nitrogen and oxygen atoms in total. The number of ether oxygens (including phenoxy) is 2. The first kappa shape index (κ1) is 14.5. The smallest absolute Gasteiger partial charge is 0.207 e. The van der Waals surface area contributed by atoms with Gasteiger partial charge in [-0.05, 0) is 43.0 Å². The van der Waals surface area contributed by atoms with Gasteiger partial charge < -0.3 is 9.47 Å². The first-order valence-electron chi connectivity index (χ1n) is 7.60. The Morgan fingerprint density at radius 3 is 2.91 bits per heavy atom. The van der Waals surface area contributed by atoms with Crippen molar-refractivity contribution < 1.29 is 14.3 Å². The molecule has 2 aliphatic heterocycles. The van der Waals surface area contributed by atoms with Gasteiger partial charge in [-0.15, -0.1) is 11.3 Å². The summed E-state index contributed by atoms with van der Waals surface area (Å²) < 4.78 is 11.5. The Morgan fingerprint density at radius 2 is 2.13 bits per heavy atom. The van der Waals surface area contributed by atoms with Crippen LogP contribution < -0.4 is 4.74 Å². The minimum Gasteiger partial charge on any atom is -0.488 e. The van der Waals surface area contributed by atoms with Crippen molar-refractivity contribution >= 4 is 23.0 Å². The van der Waals surface area contributed by atoms with E-state index in [9.17, 15) is 4.79 Å². The molecule has 118 valence electrons. The number of aliphatic imine (C=N–C) groups is 1. The highest BCUT2D eigenvalue weighted by Crippen LogP contribution is 2.32. The van der Waals surface area contributed by atoms with Crippen molar-refractivity contribution in [1.29, 1.82) is 0 Å². The molecule has 5 heteroatoms. The van der Waals surface area contributed by atoms with Crippen LogP contribution in [0.15, 0.2) is 34.6 Å². The number of rotatable bonds is 2. The molecule has 0 unspecified atom stereocenters. The molecule has 0 bridgehead atoms. The standard InChI is InChI=1S/C18H17NO3S/c1-18(2)10-22-15(19-18)8-11-3-4-13-14(7-11)21-9-12-5-6-23-17(12)16(13)20/h3-7H,8-10H2,1-2H3. The molecule has 0 aliphatic carbocycles. The lowest BCUT2D eigenvalue weighted by atomic mass is 10.0. The van der Waals surface area contributed by atoms with Crippen molar-refractivity contribution in [2.45, 2.75) is 32.4 Å². The Bertz CT molecular complexity index is 819. The third-order valence-electron chi connectivity index (χ3n) is 4.00. The number of hydrogen-bond donors (Lipinski definition) is 0.